The third-order valence-electron chi connectivity index (χ3n) is 7.59. The summed E-state index contributed by atoms with van der Waals surface area (Å²) in [6.07, 6.45) is 5.39. The number of anilines is 1. The maximum Gasteiger partial charge on any atom is 0.255 e. The predicted molar refractivity (Wildman–Crippen MR) is 144 cm³/mol. The van der Waals surface area contributed by atoms with Crippen molar-refractivity contribution in [1.29, 1.82) is 5.26 Å². The number of aromatic nitrogens is 2. The number of benzene rings is 1. The number of amides is 2. The molecule has 0 radical (unpaired) electrons. The Labute approximate surface area is 218 Å². The number of piperidine rings is 1. The summed E-state index contributed by atoms with van der Waals surface area (Å²) in [4.78, 5) is 32.6. The molecule has 1 aliphatic heterocycles. The first-order valence-electron chi connectivity index (χ1n) is 12.7. The summed E-state index contributed by atoms with van der Waals surface area (Å²) in [6, 6.07) is 8.61. The third kappa shape index (κ3) is 5.17. The number of pyridine rings is 1. The van der Waals surface area contributed by atoms with Crippen LogP contribution in [0.5, 0.6) is 5.75 Å². The number of nitrogens with zero attached hydrogens (tertiary/aromatic N) is 4. The SMILES string of the molecule is COc1c(NC(=O)c2cccc(C#N)c2)cnc2c1c(C1CCN(C(=O)C(C)C(C)(C)C)CC1)cn2C. The lowest BCUT2D eigenvalue weighted by Crippen LogP contribution is -2.43. The van der Waals surface area contributed by atoms with Crippen molar-refractivity contribution in [3.05, 3.63) is 53.3 Å². The van der Waals surface area contributed by atoms with Crippen molar-refractivity contribution in [3.8, 4) is 11.8 Å². The van der Waals surface area contributed by atoms with Gasteiger partial charge in [0.25, 0.3) is 5.91 Å². The maximum absolute atomic E-state index is 13.0. The van der Waals surface area contributed by atoms with E-state index in [1.54, 1.807) is 37.6 Å². The lowest BCUT2D eigenvalue weighted by Gasteiger charge is -2.36. The molecule has 8 nitrogen and oxygen atoms in total. The molecular formula is C29H35N5O3. The smallest absolute Gasteiger partial charge is 0.255 e. The van der Waals surface area contributed by atoms with E-state index in [9.17, 15) is 9.59 Å². The van der Waals surface area contributed by atoms with Gasteiger partial charge in [0.1, 0.15) is 11.3 Å². The molecule has 2 amide bonds. The van der Waals surface area contributed by atoms with Crippen LogP contribution in [0, 0.1) is 22.7 Å². The van der Waals surface area contributed by atoms with Gasteiger partial charge in [0.15, 0.2) is 5.75 Å². The number of methoxy groups -OCH3 is 1. The summed E-state index contributed by atoms with van der Waals surface area (Å²) in [5.41, 5.74) is 3.09. The monoisotopic (exact) mass is 501 g/mol. The molecule has 0 saturated carbocycles. The van der Waals surface area contributed by atoms with Crippen LogP contribution in [0.15, 0.2) is 36.7 Å². The number of aryl methyl sites for hydroxylation is 1. The van der Waals surface area contributed by atoms with Gasteiger partial charge in [-0.3, -0.25) is 9.59 Å². The van der Waals surface area contributed by atoms with Crippen LogP contribution in [-0.4, -0.2) is 46.5 Å². The maximum atomic E-state index is 13.0. The van der Waals surface area contributed by atoms with E-state index < -0.39 is 0 Å². The summed E-state index contributed by atoms with van der Waals surface area (Å²) < 4.78 is 7.81. The minimum absolute atomic E-state index is 0.0362. The molecule has 1 saturated heterocycles. The Kier molecular flexibility index (Phi) is 7.26. The fourth-order valence-electron chi connectivity index (χ4n) is 4.94. The highest BCUT2D eigenvalue weighted by Gasteiger charge is 2.33. The normalized spacial score (nSPS) is 15.3. The Bertz CT molecular complexity index is 1370. The zero-order valence-electron chi connectivity index (χ0n) is 22.5. The van der Waals surface area contributed by atoms with Gasteiger partial charge in [0, 0.05) is 37.8 Å². The molecule has 3 aromatic rings. The number of fused-ring (bicyclic) bond motifs is 1. The van der Waals surface area contributed by atoms with Crippen molar-refractivity contribution in [2.45, 2.75) is 46.5 Å². The van der Waals surface area contributed by atoms with Crippen molar-refractivity contribution in [3.63, 3.8) is 0 Å². The molecule has 1 fully saturated rings. The van der Waals surface area contributed by atoms with Crippen molar-refractivity contribution in [2.24, 2.45) is 18.4 Å². The fourth-order valence-corrected chi connectivity index (χ4v) is 4.94. The molecule has 1 atom stereocenters. The molecule has 0 aliphatic carbocycles. The van der Waals surface area contributed by atoms with E-state index in [0.717, 1.165) is 29.4 Å². The van der Waals surface area contributed by atoms with E-state index >= 15 is 0 Å². The zero-order chi connectivity index (χ0) is 26.9. The Morgan fingerprint density at radius 2 is 1.95 bits per heavy atom. The highest BCUT2D eigenvalue weighted by atomic mass is 16.5. The van der Waals surface area contributed by atoms with Gasteiger partial charge >= 0.3 is 0 Å². The van der Waals surface area contributed by atoms with Crippen LogP contribution >= 0.6 is 0 Å². The summed E-state index contributed by atoms with van der Waals surface area (Å²) in [5.74, 6) is 0.644. The largest absolute Gasteiger partial charge is 0.494 e. The topological polar surface area (TPSA) is 100 Å². The van der Waals surface area contributed by atoms with Gasteiger partial charge in [-0.1, -0.05) is 33.8 Å². The number of nitriles is 1. The molecule has 8 heteroatoms. The van der Waals surface area contributed by atoms with E-state index in [4.69, 9.17) is 10.00 Å². The van der Waals surface area contributed by atoms with Gasteiger partial charge < -0.3 is 19.5 Å². The first kappa shape index (κ1) is 26.2. The Hall–Kier alpha value is -3.86. The highest BCUT2D eigenvalue weighted by Crippen LogP contribution is 2.41. The Morgan fingerprint density at radius 1 is 1.24 bits per heavy atom. The van der Waals surface area contributed by atoms with Crippen LogP contribution in [-0.2, 0) is 11.8 Å². The van der Waals surface area contributed by atoms with Crippen molar-refractivity contribution in [2.75, 3.05) is 25.5 Å². The van der Waals surface area contributed by atoms with Crippen LogP contribution in [0.2, 0.25) is 0 Å². The number of hydrogen-bond acceptors (Lipinski definition) is 5. The molecule has 0 spiro atoms. The predicted octanol–water partition coefficient (Wildman–Crippen LogP) is 5.09. The van der Waals surface area contributed by atoms with Gasteiger partial charge in [-0.05, 0) is 47.9 Å². The van der Waals surface area contributed by atoms with E-state index in [1.807, 2.05) is 23.4 Å². The number of nitrogens with one attached hydrogen (secondary N) is 1. The standard InChI is InChI=1S/C29H35N5O3/c1-18(29(2,3)4)28(36)34-12-10-20(11-13-34)22-17-33(5)26-24(22)25(37-6)23(16-31-26)32-27(35)21-9-7-8-19(14-21)15-30/h7-9,14,16-18,20H,10-13H2,1-6H3,(H,32,35). The minimum atomic E-state index is -0.339. The minimum Gasteiger partial charge on any atom is -0.494 e. The molecule has 3 heterocycles. The lowest BCUT2D eigenvalue weighted by molar-refractivity contribution is -0.139. The number of carbonyl (C=O) groups is 2. The molecule has 4 rings (SSSR count). The Morgan fingerprint density at radius 3 is 2.57 bits per heavy atom. The third-order valence-corrected chi connectivity index (χ3v) is 7.59. The van der Waals surface area contributed by atoms with Crippen LogP contribution in [0.25, 0.3) is 11.0 Å². The van der Waals surface area contributed by atoms with Crippen LogP contribution in [0.4, 0.5) is 5.69 Å². The molecule has 37 heavy (non-hydrogen) atoms. The summed E-state index contributed by atoms with van der Waals surface area (Å²) in [6.45, 7) is 9.75. The van der Waals surface area contributed by atoms with Crippen LogP contribution < -0.4 is 10.1 Å². The average Bonchev–Trinajstić information content (AvgIpc) is 3.23. The van der Waals surface area contributed by atoms with Gasteiger partial charge in [0.2, 0.25) is 5.91 Å². The highest BCUT2D eigenvalue weighted by molar-refractivity contribution is 6.07. The van der Waals surface area contributed by atoms with Gasteiger partial charge in [-0.2, -0.15) is 5.26 Å². The number of ether oxygens (including phenoxy) is 1. The molecule has 194 valence electrons. The lowest BCUT2D eigenvalue weighted by atomic mass is 9.80. The van der Waals surface area contributed by atoms with E-state index in [2.05, 4.69) is 43.3 Å². The summed E-state index contributed by atoms with van der Waals surface area (Å²) >= 11 is 0. The first-order valence-corrected chi connectivity index (χ1v) is 12.7. The number of rotatable bonds is 5. The van der Waals surface area contributed by atoms with Gasteiger partial charge in [0.05, 0.1) is 30.3 Å². The van der Waals surface area contributed by atoms with Crippen molar-refractivity contribution >= 4 is 28.5 Å². The van der Waals surface area contributed by atoms with Gasteiger partial charge in [-0.25, -0.2) is 4.98 Å². The van der Waals surface area contributed by atoms with Crippen LogP contribution in [0.3, 0.4) is 0 Å². The molecule has 1 aliphatic rings. The molecular weight excluding hydrogens is 466 g/mol. The van der Waals surface area contributed by atoms with Crippen molar-refractivity contribution < 1.29 is 14.3 Å². The summed E-state index contributed by atoms with van der Waals surface area (Å²) in [5, 5.41) is 13.0. The second-order valence-electron chi connectivity index (χ2n) is 10.9. The first-order chi connectivity index (χ1) is 17.5. The number of hydrogen-bond donors (Lipinski definition) is 1. The number of carbonyl (C=O) groups excluding carboxylic acids is 2. The van der Waals surface area contributed by atoms with E-state index in [-0.39, 0.29) is 29.1 Å². The molecule has 2 aromatic heterocycles. The average molecular weight is 502 g/mol. The van der Waals surface area contributed by atoms with Crippen molar-refractivity contribution in [1.82, 2.24) is 14.5 Å². The Balaban J connectivity index is 1.61. The fraction of sp³-hybridized carbons (Fsp3) is 0.448. The van der Waals surface area contributed by atoms with Gasteiger partial charge in [-0.15, -0.1) is 0 Å². The molecule has 1 unspecified atom stereocenters. The second kappa shape index (κ2) is 10.3. The molecule has 1 N–H and O–H groups in total. The second-order valence-corrected chi connectivity index (χ2v) is 10.9. The van der Waals surface area contributed by atoms with Crippen LogP contribution in [0.1, 0.15) is 67.9 Å². The van der Waals surface area contributed by atoms with E-state index in [0.29, 0.717) is 35.7 Å². The molecule has 0 bridgehead atoms. The molecule has 1 aromatic carbocycles. The summed E-state index contributed by atoms with van der Waals surface area (Å²) in [7, 11) is 3.54. The van der Waals surface area contributed by atoms with E-state index in [1.165, 1.54) is 0 Å². The zero-order valence-corrected chi connectivity index (χ0v) is 22.5. The number of likely N-dealkylation sites (tertiary alicyclic amines) is 1. The quantitative estimate of drug-likeness (QED) is 0.525.